The van der Waals surface area contributed by atoms with Gasteiger partial charge < -0.3 is 45.0 Å². The van der Waals surface area contributed by atoms with Gasteiger partial charge in [0.2, 0.25) is 23.7 Å². The Morgan fingerprint density at radius 1 is 0.683 bits per heavy atom. The number of nitrogens with one attached hydrogen (secondary N) is 1. The third-order valence-corrected chi connectivity index (χ3v) is 14.1. The van der Waals surface area contributed by atoms with Gasteiger partial charge in [0.1, 0.15) is 24.3 Å². The van der Waals surface area contributed by atoms with Crippen molar-refractivity contribution in [3.8, 4) is 11.8 Å². The second-order valence-electron chi connectivity index (χ2n) is 17.8. The zero-order valence-corrected chi connectivity index (χ0v) is 36.8. The van der Waals surface area contributed by atoms with E-state index in [4.69, 9.17) is 32.7 Å². The van der Waals surface area contributed by atoms with Gasteiger partial charge in [-0.15, -0.1) is 0 Å². The maximum absolute atomic E-state index is 13.1. The quantitative estimate of drug-likeness (QED) is 0.0928. The molecule has 3 aliphatic carbocycles. The van der Waals surface area contributed by atoms with Gasteiger partial charge in [-0.3, -0.25) is 4.79 Å². The number of hydrogen-bond donors (Lipinski definition) is 5. The van der Waals surface area contributed by atoms with Gasteiger partial charge in [-0.1, -0.05) is 47.5 Å². The van der Waals surface area contributed by atoms with Gasteiger partial charge >= 0.3 is 5.97 Å². The highest BCUT2D eigenvalue weighted by molar-refractivity contribution is 6.31. The average molecular weight is 905 g/mol. The zero-order valence-electron chi connectivity index (χ0n) is 35.3. The fourth-order valence-electron chi connectivity index (χ4n) is 8.66. The first-order valence-corrected chi connectivity index (χ1v) is 22.7. The molecule has 0 radical (unpaired) electrons. The first-order valence-electron chi connectivity index (χ1n) is 21.9. The van der Waals surface area contributed by atoms with Gasteiger partial charge in [0, 0.05) is 48.5 Å². The molecule has 2 spiro atoms. The molecule has 4 aromatic rings. The van der Waals surface area contributed by atoms with E-state index in [0.717, 1.165) is 75.8 Å². The van der Waals surface area contributed by atoms with Crippen LogP contribution in [0.2, 0.25) is 10.0 Å². The summed E-state index contributed by atoms with van der Waals surface area (Å²) in [5.41, 5.74) is 4.16. The van der Waals surface area contributed by atoms with Crippen molar-refractivity contribution in [3.05, 3.63) is 92.2 Å². The van der Waals surface area contributed by atoms with Crippen LogP contribution in [-0.2, 0) is 26.4 Å². The highest BCUT2D eigenvalue weighted by Gasteiger charge is 2.46. The molecule has 4 heterocycles. The first kappa shape index (κ1) is 44.8. The normalized spacial score (nSPS) is 20.7. The summed E-state index contributed by atoms with van der Waals surface area (Å²) in [6, 6.07) is 10.6. The van der Waals surface area contributed by atoms with Crippen LogP contribution in [-0.4, -0.2) is 90.6 Å². The number of benzene rings is 2. The number of carboxylic acid groups (broad SMARTS) is 1. The summed E-state index contributed by atoms with van der Waals surface area (Å²) in [5.74, 6) is -0.0161. The Kier molecular flexibility index (Phi) is 13.9. The topological polar surface area (TPSA) is 204 Å². The predicted octanol–water partition coefficient (Wildman–Crippen LogP) is 6.89. The van der Waals surface area contributed by atoms with E-state index in [0.29, 0.717) is 62.3 Å². The second kappa shape index (κ2) is 19.5. The summed E-state index contributed by atoms with van der Waals surface area (Å²) in [6.07, 6.45) is 15.3. The van der Waals surface area contributed by atoms with Crippen molar-refractivity contribution < 1.29 is 39.5 Å². The van der Waals surface area contributed by atoms with Gasteiger partial charge in [0.15, 0.2) is 0 Å². The number of aliphatic hydroxyl groups is 3. The maximum atomic E-state index is 13.1. The monoisotopic (exact) mass is 903 g/mol. The molecular weight excluding hydrogens is 849 g/mol. The van der Waals surface area contributed by atoms with Crippen LogP contribution in [0.1, 0.15) is 120 Å². The molecule has 9 rings (SSSR count). The number of rotatable bonds is 13. The lowest BCUT2D eigenvalue weighted by Crippen LogP contribution is -2.39. The number of anilines is 2. The van der Waals surface area contributed by atoms with Gasteiger partial charge in [-0.2, -0.15) is 9.97 Å². The summed E-state index contributed by atoms with van der Waals surface area (Å²) in [7, 11) is 0. The fraction of sp³-hybridized carbons (Fsp3) is 0.522. The fourth-order valence-corrected chi connectivity index (χ4v) is 9.19. The molecule has 336 valence electrons. The van der Waals surface area contributed by atoms with Crippen molar-refractivity contribution in [1.82, 2.24) is 25.3 Å². The molecule has 1 amide bonds. The molecule has 63 heavy (non-hydrogen) atoms. The van der Waals surface area contributed by atoms with Crippen LogP contribution in [0.5, 0.6) is 11.8 Å². The van der Waals surface area contributed by atoms with E-state index in [1.54, 1.807) is 36.5 Å². The van der Waals surface area contributed by atoms with E-state index in [-0.39, 0.29) is 61.8 Å². The molecule has 5 N–H and O–H groups in total. The van der Waals surface area contributed by atoms with Crippen molar-refractivity contribution in [2.45, 2.75) is 116 Å². The molecule has 3 saturated carbocycles. The minimum Gasteiger partial charge on any atom is -0.477 e. The lowest BCUT2D eigenvalue weighted by molar-refractivity contribution is 0.0689. The lowest BCUT2D eigenvalue weighted by Gasteiger charge is -2.32. The highest BCUT2D eigenvalue weighted by atomic mass is 35.5. The van der Waals surface area contributed by atoms with Crippen molar-refractivity contribution in [1.29, 1.82) is 0 Å². The molecule has 2 aliphatic heterocycles. The number of piperidine rings is 2. The Bertz CT molecular complexity index is 2270. The summed E-state index contributed by atoms with van der Waals surface area (Å²) < 4.78 is 11.8. The molecule has 0 atom stereocenters. The van der Waals surface area contributed by atoms with Crippen LogP contribution in [0.3, 0.4) is 0 Å². The van der Waals surface area contributed by atoms with Crippen LogP contribution < -0.4 is 24.6 Å². The Hall–Kier alpha value is -4.80. The maximum Gasteiger partial charge on any atom is 0.342 e. The number of aliphatic hydroxyl groups excluding tert-OH is 3. The number of carboxylic acids is 1. The summed E-state index contributed by atoms with van der Waals surface area (Å²) >= 11 is 12.3. The summed E-state index contributed by atoms with van der Waals surface area (Å²) in [4.78, 5) is 46.8. The van der Waals surface area contributed by atoms with Crippen LogP contribution >= 0.6 is 23.2 Å². The number of nitrogens with zero attached hydrogens (tertiary/aromatic N) is 6. The third kappa shape index (κ3) is 11.1. The van der Waals surface area contributed by atoms with Crippen molar-refractivity contribution in [2.75, 3.05) is 36.0 Å². The van der Waals surface area contributed by atoms with E-state index in [1.165, 1.54) is 31.9 Å². The minimum atomic E-state index is -1.13. The number of aromatic nitrogens is 4. The van der Waals surface area contributed by atoms with Gasteiger partial charge in [0.25, 0.3) is 5.91 Å². The van der Waals surface area contributed by atoms with Crippen LogP contribution in [0.25, 0.3) is 0 Å². The number of amides is 1. The number of halogens is 2. The molecule has 15 nitrogen and oxygen atoms in total. The van der Waals surface area contributed by atoms with Crippen molar-refractivity contribution in [2.24, 2.45) is 10.8 Å². The molecule has 2 aromatic carbocycles. The van der Waals surface area contributed by atoms with Gasteiger partial charge in [-0.25, -0.2) is 14.8 Å². The summed E-state index contributed by atoms with van der Waals surface area (Å²) in [5, 5.41) is 41.7. The first-order chi connectivity index (χ1) is 30.4. The standard InChI is InChI=1S/C26H33ClN4O4.C20H22ClN3O4/c27-22-13-17(1-2-18(22)15-32)16-35-24-21(23(34)29-19-3-5-20(33)6-4-19)14-28-25(30-24)31-11-9-26(7-8-26)10-12-31;21-16-9-13(1-2-14(16)11-25)12-28-17-15(18(26)27)10-22-19(23-17)24-7-5-20(3-4-20)6-8-24/h1-2,13-14,19-20,32-33H,3-12,15-16H2,(H,29,34);1-2,9-10,25H,3-8,11-12H2,(H,26,27). The number of carbonyl (C=O) groups is 2. The largest absolute Gasteiger partial charge is 0.477 e. The summed E-state index contributed by atoms with van der Waals surface area (Å²) in [6.45, 7) is 3.60. The molecular formula is C46H55Cl2N7O8. The lowest BCUT2D eigenvalue weighted by atomic mass is 9.93. The molecule has 2 aromatic heterocycles. The molecule has 5 aliphatic rings. The Labute approximate surface area is 376 Å². The highest BCUT2D eigenvalue weighted by Crippen LogP contribution is 2.54. The molecule has 0 unspecified atom stereocenters. The van der Waals surface area contributed by atoms with Crippen molar-refractivity contribution in [3.63, 3.8) is 0 Å². The van der Waals surface area contributed by atoms with Gasteiger partial charge in [0.05, 0.1) is 25.5 Å². The average Bonchev–Trinajstić information content (AvgIpc) is 4.24. The van der Waals surface area contributed by atoms with E-state index in [2.05, 4.69) is 35.1 Å². The molecule has 17 heteroatoms. The van der Waals surface area contributed by atoms with Crippen LogP contribution in [0.15, 0.2) is 48.8 Å². The second-order valence-corrected chi connectivity index (χ2v) is 18.6. The van der Waals surface area contributed by atoms with Crippen molar-refractivity contribution >= 4 is 47.0 Å². The number of ether oxygens (including phenoxy) is 2. The SMILES string of the molecule is O=C(NC1CCC(O)CC1)c1cnc(N2CCC3(CC2)CC3)nc1OCc1ccc(CO)c(Cl)c1.O=C(O)c1cnc(N2CCC3(CC2)CC3)nc1OCc1ccc(CO)c(Cl)c1. The van der Waals surface area contributed by atoms with E-state index in [1.807, 2.05) is 6.07 Å². The predicted molar refractivity (Wildman–Crippen MR) is 236 cm³/mol. The molecule has 0 bridgehead atoms. The number of hydrogen-bond acceptors (Lipinski definition) is 13. The van der Waals surface area contributed by atoms with Crippen LogP contribution in [0.4, 0.5) is 11.9 Å². The minimum absolute atomic E-state index is 0.0140. The third-order valence-electron chi connectivity index (χ3n) is 13.4. The van der Waals surface area contributed by atoms with E-state index in [9.17, 15) is 30.0 Å². The smallest absolute Gasteiger partial charge is 0.342 e. The van der Waals surface area contributed by atoms with E-state index >= 15 is 0 Å². The molecule has 2 saturated heterocycles. The Morgan fingerprint density at radius 2 is 1.13 bits per heavy atom. The van der Waals surface area contributed by atoms with Crippen LogP contribution in [0, 0.1) is 10.8 Å². The molecule has 5 fully saturated rings. The Balaban J connectivity index is 0.000000177. The zero-order chi connectivity index (χ0) is 44.1. The van der Waals surface area contributed by atoms with E-state index < -0.39 is 5.97 Å². The number of aromatic carboxylic acids is 1. The van der Waals surface area contributed by atoms with Gasteiger partial charge in [-0.05, 0) is 122 Å². The Morgan fingerprint density at radius 3 is 1.54 bits per heavy atom. The number of carbonyl (C=O) groups excluding carboxylic acids is 1.